The number of hydrogen-bond donors (Lipinski definition) is 1. The first-order valence-corrected chi connectivity index (χ1v) is 9.41. The van der Waals surface area contributed by atoms with E-state index in [2.05, 4.69) is 25.8 Å². The summed E-state index contributed by atoms with van der Waals surface area (Å²) in [6, 6.07) is 8.85. The average Bonchev–Trinajstić information content (AvgIpc) is 3.12. The van der Waals surface area contributed by atoms with E-state index in [0.717, 1.165) is 0 Å². The molecule has 0 radical (unpaired) electrons. The molecule has 8 nitrogen and oxygen atoms in total. The van der Waals surface area contributed by atoms with Crippen molar-refractivity contribution in [3.05, 3.63) is 46.1 Å². The highest BCUT2D eigenvalue weighted by molar-refractivity contribution is 7.99. The second kappa shape index (κ2) is 8.55. The number of carbonyl (C=O) groups excluding carboxylic acids is 1. The van der Waals surface area contributed by atoms with E-state index >= 15 is 0 Å². The molecule has 2 heterocycles. The number of aryl methyl sites for hydroxylation is 1. The van der Waals surface area contributed by atoms with Crippen molar-refractivity contribution in [2.45, 2.75) is 12.1 Å². The number of hydrogen-bond acceptors (Lipinski definition) is 7. The fourth-order valence-corrected chi connectivity index (χ4v) is 3.26. The third-order valence-corrected chi connectivity index (χ3v) is 5.04. The molecule has 0 atom stereocenters. The first-order chi connectivity index (χ1) is 13.0. The van der Waals surface area contributed by atoms with Crippen molar-refractivity contribution < 1.29 is 9.53 Å². The molecule has 0 saturated heterocycles. The zero-order chi connectivity index (χ0) is 19.4. The monoisotopic (exact) mass is 424 g/mol. The zero-order valence-corrected chi connectivity index (χ0v) is 16.6. The molecule has 3 aromatic rings. The first-order valence-electron chi connectivity index (χ1n) is 7.66. The summed E-state index contributed by atoms with van der Waals surface area (Å²) in [7, 11) is 1.56. The van der Waals surface area contributed by atoms with E-state index in [1.165, 1.54) is 22.5 Å². The number of amides is 1. The third kappa shape index (κ3) is 4.49. The largest absolute Gasteiger partial charge is 0.494 e. The van der Waals surface area contributed by atoms with Gasteiger partial charge in [0.05, 0.1) is 28.6 Å². The lowest BCUT2D eigenvalue weighted by molar-refractivity contribution is -0.113. The van der Waals surface area contributed by atoms with Crippen molar-refractivity contribution in [3.8, 4) is 11.4 Å². The number of ether oxygens (including phenoxy) is 1. The molecule has 0 aliphatic rings. The highest BCUT2D eigenvalue weighted by Crippen LogP contribution is 2.27. The van der Waals surface area contributed by atoms with Crippen molar-refractivity contribution >= 4 is 46.7 Å². The molecule has 0 unspecified atom stereocenters. The Kier molecular flexibility index (Phi) is 6.15. The number of para-hydroxylation sites is 2. The molecular formula is C16H14Cl2N6O2S. The Morgan fingerprint density at radius 3 is 2.85 bits per heavy atom. The number of methoxy groups -OCH3 is 1. The smallest absolute Gasteiger partial charge is 0.236 e. The Labute approximate surface area is 169 Å². The van der Waals surface area contributed by atoms with Crippen LogP contribution in [0.25, 0.3) is 5.69 Å². The third-order valence-electron chi connectivity index (χ3n) is 3.45. The van der Waals surface area contributed by atoms with E-state index in [9.17, 15) is 4.79 Å². The van der Waals surface area contributed by atoms with Gasteiger partial charge >= 0.3 is 0 Å². The molecule has 1 N–H and O–H groups in total. The van der Waals surface area contributed by atoms with E-state index in [4.69, 9.17) is 27.9 Å². The average molecular weight is 425 g/mol. The van der Waals surface area contributed by atoms with E-state index < -0.39 is 0 Å². The molecule has 1 amide bonds. The number of rotatable bonds is 6. The number of thioether (sulfide) groups is 1. The fraction of sp³-hybridized carbons (Fsp3) is 0.188. The van der Waals surface area contributed by atoms with Crippen LogP contribution in [0.2, 0.25) is 10.0 Å². The number of pyridine rings is 1. The van der Waals surface area contributed by atoms with Crippen LogP contribution in [-0.2, 0) is 4.79 Å². The van der Waals surface area contributed by atoms with Gasteiger partial charge in [-0.2, -0.15) is 4.68 Å². The van der Waals surface area contributed by atoms with Gasteiger partial charge in [-0.3, -0.25) is 4.79 Å². The SMILES string of the molecule is COc1ccccc1-n1nnnc1SCC(=O)Nc1nc(C)c(Cl)cc1Cl. The number of anilines is 1. The van der Waals surface area contributed by atoms with Crippen LogP contribution in [0, 0.1) is 6.92 Å². The maximum Gasteiger partial charge on any atom is 0.236 e. The Bertz CT molecular complexity index is 981. The highest BCUT2D eigenvalue weighted by Gasteiger charge is 2.16. The maximum atomic E-state index is 12.3. The van der Waals surface area contributed by atoms with Crippen LogP contribution in [0.5, 0.6) is 5.75 Å². The quantitative estimate of drug-likeness (QED) is 0.605. The summed E-state index contributed by atoms with van der Waals surface area (Å²) in [4.78, 5) is 16.4. The van der Waals surface area contributed by atoms with Crippen LogP contribution in [0.15, 0.2) is 35.5 Å². The second-order valence-electron chi connectivity index (χ2n) is 5.27. The lowest BCUT2D eigenvalue weighted by atomic mass is 10.3. The molecule has 0 bridgehead atoms. The summed E-state index contributed by atoms with van der Waals surface area (Å²) < 4.78 is 6.83. The minimum atomic E-state index is -0.300. The number of aromatic nitrogens is 5. The van der Waals surface area contributed by atoms with Gasteiger partial charge in [-0.25, -0.2) is 4.98 Å². The Hall–Kier alpha value is -2.36. The summed E-state index contributed by atoms with van der Waals surface area (Å²) in [6.07, 6.45) is 0. The van der Waals surface area contributed by atoms with Gasteiger partial charge < -0.3 is 10.1 Å². The Morgan fingerprint density at radius 1 is 1.30 bits per heavy atom. The molecule has 140 valence electrons. The summed E-state index contributed by atoms with van der Waals surface area (Å²) in [5, 5.41) is 15.4. The predicted octanol–water partition coefficient (Wildman–Crippen LogP) is 3.41. The minimum Gasteiger partial charge on any atom is -0.494 e. The molecule has 0 aliphatic carbocycles. The fourth-order valence-electron chi connectivity index (χ4n) is 2.17. The van der Waals surface area contributed by atoms with Crippen LogP contribution in [0.4, 0.5) is 5.82 Å². The van der Waals surface area contributed by atoms with Gasteiger partial charge in [0.2, 0.25) is 11.1 Å². The Morgan fingerprint density at radius 2 is 2.07 bits per heavy atom. The molecule has 0 fully saturated rings. The zero-order valence-electron chi connectivity index (χ0n) is 14.3. The summed E-state index contributed by atoms with van der Waals surface area (Å²) in [5.41, 5.74) is 1.25. The number of carbonyl (C=O) groups is 1. The highest BCUT2D eigenvalue weighted by atomic mass is 35.5. The topological polar surface area (TPSA) is 94.8 Å². The van der Waals surface area contributed by atoms with Crippen LogP contribution in [-0.4, -0.2) is 44.0 Å². The summed E-state index contributed by atoms with van der Waals surface area (Å²) in [6.45, 7) is 1.73. The molecule has 0 saturated carbocycles. The van der Waals surface area contributed by atoms with Crippen LogP contribution < -0.4 is 10.1 Å². The molecule has 27 heavy (non-hydrogen) atoms. The van der Waals surface area contributed by atoms with Crippen molar-refractivity contribution in [1.82, 2.24) is 25.2 Å². The molecule has 0 spiro atoms. The van der Waals surface area contributed by atoms with E-state index in [0.29, 0.717) is 27.3 Å². The summed E-state index contributed by atoms with van der Waals surface area (Å²) >= 11 is 13.2. The summed E-state index contributed by atoms with van der Waals surface area (Å²) in [5.74, 6) is 0.637. The molecule has 2 aromatic heterocycles. The normalized spacial score (nSPS) is 10.7. The van der Waals surface area contributed by atoms with Crippen molar-refractivity contribution in [2.75, 3.05) is 18.2 Å². The molecule has 11 heteroatoms. The molecule has 3 rings (SSSR count). The number of tetrazole rings is 1. The number of nitrogens with one attached hydrogen (secondary N) is 1. The number of nitrogens with zero attached hydrogens (tertiary/aromatic N) is 5. The van der Waals surface area contributed by atoms with Crippen molar-refractivity contribution in [2.24, 2.45) is 0 Å². The van der Waals surface area contributed by atoms with Gasteiger partial charge in [0.15, 0.2) is 5.82 Å². The molecule has 0 aliphatic heterocycles. The van der Waals surface area contributed by atoms with E-state index in [1.807, 2.05) is 18.2 Å². The predicted molar refractivity (Wildman–Crippen MR) is 104 cm³/mol. The van der Waals surface area contributed by atoms with Crippen LogP contribution in [0.3, 0.4) is 0 Å². The molecule has 1 aromatic carbocycles. The minimum absolute atomic E-state index is 0.0647. The maximum absolute atomic E-state index is 12.3. The Balaban J connectivity index is 1.70. The van der Waals surface area contributed by atoms with Gasteiger partial charge in [0, 0.05) is 0 Å². The van der Waals surface area contributed by atoms with Crippen molar-refractivity contribution in [3.63, 3.8) is 0 Å². The second-order valence-corrected chi connectivity index (χ2v) is 7.02. The van der Waals surface area contributed by atoms with E-state index in [1.54, 1.807) is 20.1 Å². The van der Waals surface area contributed by atoms with Gasteiger partial charge in [-0.15, -0.1) is 5.10 Å². The van der Waals surface area contributed by atoms with Gasteiger partial charge in [0.1, 0.15) is 11.4 Å². The van der Waals surface area contributed by atoms with Crippen LogP contribution in [0.1, 0.15) is 5.69 Å². The van der Waals surface area contributed by atoms with Crippen LogP contribution >= 0.6 is 35.0 Å². The number of benzene rings is 1. The lowest BCUT2D eigenvalue weighted by Gasteiger charge is -2.10. The van der Waals surface area contributed by atoms with E-state index in [-0.39, 0.29) is 22.5 Å². The van der Waals surface area contributed by atoms with Crippen molar-refractivity contribution in [1.29, 1.82) is 0 Å². The van der Waals surface area contributed by atoms with Gasteiger partial charge in [-0.05, 0) is 35.5 Å². The first kappa shape index (κ1) is 19.4. The molecular weight excluding hydrogens is 411 g/mol. The van der Waals surface area contributed by atoms with Gasteiger partial charge in [0.25, 0.3) is 0 Å². The lowest BCUT2D eigenvalue weighted by Crippen LogP contribution is -2.16. The van der Waals surface area contributed by atoms with Gasteiger partial charge in [-0.1, -0.05) is 47.1 Å². The standard InChI is InChI=1S/C16H14Cl2N6O2S/c1-9-10(17)7-11(18)15(19-9)20-14(25)8-27-16-21-22-23-24(16)12-5-3-4-6-13(12)26-2/h3-7H,8H2,1-2H3,(H,19,20,25). The number of halogens is 2.